The third-order valence-corrected chi connectivity index (χ3v) is 4.88. The van der Waals surface area contributed by atoms with Crippen molar-refractivity contribution in [2.75, 3.05) is 26.2 Å². The maximum atomic E-state index is 12.1. The van der Waals surface area contributed by atoms with Crippen LogP contribution in [0.25, 0.3) is 0 Å². The van der Waals surface area contributed by atoms with Crippen molar-refractivity contribution in [3.63, 3.8) is 0 Å². The zero-order chi connectivity index (χ0) is 16.8. The van der Waals surface area contributed by atoms with E-state index < -0.39 is 0 Å². The average molecular weight is 333 g/mol. The Kier molecular flexibility index (Phi) is 5.56. The molecular formula is C18H27N3O3. The summed E-state index contributed by atoms with van der Waals surface area (Å²) in [5.74, 6) is 0.788. The Morgan fingerprint density at radius 3 is 3.04 bits per heavy atom. The molecule has 1 spiro atoms. The van der Waals surface area contributed by atoms with Crippen molar-refractivity contribution in [2.24, 2.45) is 0 Å². The Morgan fingerprint density at radius 2 is 2.33 bits per heavy atom. The number of hydrogen-bond acceptors (Lipinski definition) is 4. The highest BCUT2D eigenvalue weighted by Crippen LogP contribution is 2.37. The summed E-state index contributed by atoms with van der Waals surface area (Å²) in [7, 11) is 0. The molecule has 0 bridgehead atoms. The minimum atomic E-state index is -0.132. The normalized spacial score (nSPS) is 22.5. The van der Waals surface area contributed by atoms with Crippen molar-refractivity contribution in [3.05, 3.63) is 24.5 Å². The summed E-state index contributed by atoms with van der Waals surface area (Å²) in [6.45, 7) is 4.99. The Labute approximate surface area is 143 Å². The summed E-state index contributed by atoms with van der Waals surface area (Å²) in [5.41, 5.74) is -0.132. The van der Waals surface area contributed by atoms with Gasteiger partial charge in [-0.3, -0.25) is 4.98 Å². The van der Waals surface area contributed by atoms with Crippen molar-refractivity contribution >= 4 is 6.03 Å². The van der Waals surface area contributed by atoms with Gasteiger partial charge in [0.2, 0.25) is 0 Å². The highest BCUT2D eigenvalue weighted by Gasteiger charge is 2.44. The minimum absolute atomic E-state index is 0.0551. The first-order valence-electron chi connectivity index (χ1n) is 8.94. The molecule has 6 nitrogen and oxygen atoms in total. The molecule has 0 aromatic carbocycles. The van der Waals surface area contributed by atoms with Crippen LogP contribution in [0, 0.1) is 0 Å². The molecule has 1 N–H and O–H groups in total. The largest absolute Gasteiger partial charge is 0.486 e. The fraction of sp³-hybridized carbons (Fsp3) is 0.667. The Bertz CT molecular complexity index is 530. The van der Waals surface area contributed by atoms with Crippen LogP contribution in [0.3, 0.4) is 0 Å². The summed E-state index contributed by atoms with van der Waals surface area (Å²) in [6, 6.07) is 3.84. The molecule has 2 fully saturated rings. The van der Waals surface area contributed by atoms with Gasteiger partial charge in [-0.1, -0.05) is 13.3 Å². The number of rotatable bonds is 5. The molecule has 0 saturated carbocycles. The van der Waals surface area contributed by atoms with Crippen molar-refractivity contribution in [3.8, 4) is 5.75 Å². The van der Waals surface area contributed by atoms with Gasteiger partial charge in [0.15, 0.2) is 0 Å². The molecule has 2 aliphatic rings. The molecule has 0 radical (unpaired) electrons. The van der Waals surface area contributed by atoms with Crippen molar-refractivity contribution in [2.45, 2.75) is 50.7 Å². The second-order valence-electron chi connectivity index (χ2n) is 6.70. The number of nitrogens with one attached hydrogen (secondary N) is 1. The number of nitrogens with zero attached hydrogens (tertiary/aromatic N) is 2. The molecule has 1 aromatic heterocycles. The van der Waals surface area contributed by atoms with Crippen molar-refractivity contribution < 1.29 is 14.3 Å². The first kappa shape index (κ1) is 17.0. The van der Waals surface area contributed by atoms with Crippen LogP contribution in [-0.2, 0) is 4.74 Å². The van der Waals surface area contributed by atoms with E-state index in [1.807, 2.05) is 17.0 Å². The fourth-order valence-corrected chi connectivity index (χ4v) is 3.44. The lowest BCUT2D eigenvalue weighted by Crippen LogP contribution is -2.50. The molecule has 2 aliphatic heterocycles. The summed E-state index contributed by atoms with van der Waals surface area (Å²) < 4.78 is 12.1. The quantitative estimate of drug-likeness (QED) is 0.841. The third-order valence-electron chi connectivity index (χ3n) is 4.88. The zero-order valence-corrected chi connectivity index (χ0v) is 14.4. The van der Waals surface area contributed by atoms with Crippen LogP contribution < -0.4 is 10.1 Å². The second-order valence-corrected chi connectivity index (χ2v) is 6.70. The molecule has 0 unspecified atom stereocenters. The Morgan fingerprint density at radius 1 is 1.50 bits per heavy atom. The van der Waals surface area contributed by atoms with Crippen LogP contribution in [0.2, 0.25) is 0 Å². The monoisotopic (exact) mass is 333 g/mol. The molecule has 1 atom stereocenters. The molecule has 0 aliphatic carbocycles. The summed E-state index contributed by atoms with van der Waals surface area (Å²) >= 11 is 0. The van der Waals surface area contributed by atoms with E-state index in [-0.39, 0.29) is 17.7 Å². The van der Waals surface area contributed by atoms with E-state index in [1.165, 1.54) is 0 Å². The van der Waals surface area contributed by atoms with Crippen LogP contribution in [0.4, 0.5) is 4.79 Å². The average Bonchev–Trinajstić information content (AvgIpc) is 2.99. The lowest BCUT2D eigenvalue weighted by atomic mass is 9.88. The number of carbonyl (C=O) groups excluding carboxylic acids is 1. The molecule has 3 rings (SSSR count). The smallest absolute Gasteiger partial charge is 0.317 e. The summed E-state index contributed by atoms with van der Waals surface area (Å²) in [4.78, 5) is 18.1. The van der Waals surface area contributed by atoms with Gasteiger partial charge in [0.1, 0.15) is 11.9 Å². The Balaban J connectivity index is 1.45. The van der Waals surface area contributed by atoms with Gasteiger partial charge in [-0.15, -0.1) is 0 Å². The molecule has 1 aromatic rings. The highest BCUT2D eigenvalue weighted by atomic mass is 16.6. The molecular weight excluding hydrogens is 306 g/mol. The van der Waals surface area contributed by atoms with Gasteiger partial charge in [-0.05, 0) is 31.4 Å². The van der Waals surface area contributed by atoms with E-state index >= 15 is 0 Å². The van der Waals surface area contributed by atoms with E-state index in [0.29, 0.717) is 6.61 Å². The van der Waals surface area contributed by atoms with Gasteiger partial charge >= 0.3 is 6.03 Å². The molecule has 132 valence electrons. The van der Waals surface area contributed by atoms with Crippen LogP contribution in [0.1, 0.15) is 39.0 Å². The van der Waals surface area contributed by atoms with E-state index in [1.54, 1.807) is 12.4 Å². The number of unbranched alkanes of at least 4 members (excludes halogenated alkanes) is 1. The van der Waals surface area contributed by atoms with Crippen molar-refractivity contribution in [1.29, 1.82) is 0 Å². The molecule has 2 saturated heterocycles. The third kappa shape index (κ3) is 4.17. The van der Waals surface area contributed by atoms with Crippen LogP contribution in [-0.4, -0.2) is 53.9 Å². The lowest BCUT2D eigenvalue weighted by Gasteiger charge is -2.38. The Hall–Kier alpha value is -1.82. The van der Waals surface area contributed by atoms with Gasteiger partial charge in [0.05, 0.1) is 18.4 Å². The van der Waals surface area contributed by atoms with Gasteiger partial charge in [-0.25, -0.2) is 4.79 Å². The van der Waals surface area contributed by atoms with Gasteiger partial charge in [0.25, 0.3) is 0 Å². The van der Waals surface area contributed by atoms with Gasteiger partial charge in [0, 0.05) is 32.3 Å². The second kappa shape index (κ2) is 7.83. The number of amides is 2. The highest BCUT2D eigenvalue weighted by molar-refractivity contribution is 5.74. The zero-order valence-electron chi connectivity index (χ0n) is 14.4. The summed E-state index contributed by atoms with van der Waals surface area (Å²) in [6.07, 6.45) is 8.29. The predicted molar refractivity (Wildman–Crippen MR) is 91.1 cm³/mol. The first-order chi connectivity index (χ1) is 11.7. The first-order valence-corrected chi connectivity index (χ1v) is 8.94. The minimum Gasteiger partial charge on any atom is -0.486 e. The molecule has 2 amide bonds. The van der Waals surface area contributed by atoms with Crippen molar-refractivity contribution in [1.82, 2.24) is 15.2 Å². The maximum absolute atomic E-state index is 12.1. The fourth-order valence-electron chi connectivity index (χ4n) is 3.44. The molecule has 3 heterocycles. The van der Waals surface area contributed by atoms with Crippen LogP contribution in [0.15, 0.2) is 24.5 Å². The number of piperidine rings is 1. The predicted octanol–water partition coefficient (Wildman–Crippen LogP) is 2.59. The number of urea groups is 1. The molecule has 6 heteroatoms. The molecule has 24 heavy (non-hydrogen) atoms. The van der Waals surface area contributed by atoms with Gasteiger partial charge in [-0.2, -0.15) is 0 Å². The van der Waals surface area contributed by atoms with Crippen LogP contribution >= 0.6 is 0 Å². The summed E-state index contributed by atoms with van der Waals surface area (Å²) in [5, 5.41) is 2.99. The van der Waals surface area contributed by atoms with E-state index in [2.05, 4.69) is 17.2 Å². The van der Waals surface area contributed by atoms with Crippen LogP contribution in [0.5, 0.6) is 5.75 Å². The standard InChI is InChI=1S/C18H27N3O3/c1-2-3-9-20-17(22)21-10-6-18(7-11-21)12-16(14-23-18)24-15-5-4-8-19-13-15/h4-5,8,13,16H,2-3,6-7,9-12,14H2,1H3,(H,20,22)/t16-/m1/s1. The lowest BCUT2D eigenvalue weighted by molar-refractivity contribution is -0.0370. The topological polar surface area (TPSA) is 63.7 Å². The maximum Gasteiger partial charge on any atom is 0.317 e. The number of ether oxygens (including phenoxy) is 2. The van der Waals surface area contributed by atoms with E-state index in [4.69, 9.17) is 9.47 Å². The number of likely N-dealkylation sites (tertiary alicyclic amines) is 1. The van der Waals surface area contributed by atoms with E-state index in [9.17, 15) is 4.79 Å². The number of aromatic nitrogens is 1. The number of hydrogen-bond donors (Lipinski definition) is 1. The van der Waals surface area contributed by atoms with Gasteiger partial charge < -0.3 is 19.7 Å². The van der Waals surface area contributed by atoms with E-state index in [0.717, 1.165) is 57.5 Å². The number of carbonyl (C=O) groups is 1. The SMILES string of the molecule is CCCCNC(=O)N1CCC2(CC1)C[C@@H](Oc1cccnc1)CO2. The number of pyridine rings is 1.